The number of carbonyl (C=O) groups is 1. The van der Waals surface area contributed by atoms with E-state index in [1.807, 2.05) is 36.4 Å². The van der Waals surface area contributed by atoms with Crippen molar-refractivity contribution in [1.29, 1.82) is 0 Å². The van der Waals surface area contributed by atoms with E-state index in [9.17, 15) is 17.6 Å². The molecular weight excluding hydrogens is 405 g/mol. The van der Waals surface area contributed by atoms with Crippen LogP contribution in [0.15, 0.2) is 77.7 Å². The Labute approximate surface area is 174 Å². The summed E-state index contributed by atoms with van der Waals surface area (Å²) in [5.74, 6) is 0.0520. The number of likely N-dealkylation sites (tertiary alicyclic amines) is 1. The molecule has 0 spiro atoms. The zero-order valence-electron chi connectivity index (χ0n) is 16.3. The third kappa shape index (κ3) is 3.80. The van der Waals surface area contributed by atoms with Crippen molar-refractivity contribution in [1.82, 2.24) is 4.90 Å². The summed E-state index contributed by atoms with van der Waals surface area (Å²) in [5.41, 5.74) is 2.42. The molecule has 0 atom stereocenters. The van der Waals surface area contributed by atoms with Gasteiger partial charge in [0.2, 0.25) is 0 Å². The molecule has 1 heterocycles. The van der Waals surface area contributed by atoms with Gasteiger partial charge in [-0.15, -0.1) is 0 Å². The Hall–Kier alpha value is -3.19. The fourth-order valence-electron chi connectivity index (χ4n) is 3.41. The number of rotatable bonds is 5. The molecule has 1 saturated heterocycles. The standard InChI is InChI=1S/C23H20FNO4S/c1-29-20-4-2-3-18(13-20)16-5-7-17(8-6-16)23(26)25-14-22(15-25)30(27,28)21-11-9-19(24)10-12-21/h2-13,22H,14-15H2,1H3. The molecule has 154 valence electrons. The van der Waals surface area contributed by atoms with E-state index in [1.54, 1.807) is 19.2 Å². The minimum Gasteiger partial charge on any atom is -0.497 e. The van der Waals surface area contributed by atoms with E-state index in [0.29, 0.717) is 5.56 Å². The van der Waals surface area contributed by atoms with E-state index in [2.05, 4.69) is 0 Å². The number of benzene rings is 3. The van der Waals surface area contributed by atoms with Gasteiger partial charge in [0.15, 0.2) is 9.84 Å². The lowest BCUT2D eigenvalue weighted by Crippen LogP contribution is -2.56. The molecule has 0 aliphatic carbocycles. The Morgan fingerprint density at radius 2 is 1.63 bits per heavy atom. The van der Waals surface area contributed by atoms with Crippen LogP contribution in [0.4, 0.5) is 4.39 Å². The van der Waals surface area contributed by atoms with Gasteiger partial charge in [-0.25, -0.2) is 12.8 Å². The first-order chi connectivity index (χ1) is 14.4. The Bertz CT molecular complexity index is 1170. The number of sulfone groups is 1. The van der Waals surface area contributed by atoms with E-state index in [1.165, 1.54) is 17.0 Å². The van der Waals surface area contributed by atoms with Crippen molar-refractivity contribution in [3.05, 3.63) is 84.2 Å². The molecule has 1 aliphatic rings. The quantitative estimate of drug-likeness (QED) is 0.584. The molecule has 0 radical (unpaired) electrons. The van der Waals surface area contributed by atoms with Crippen LogP contribution in [0.25, 0.3) is 11.1 Å². The van der Waals surface area contributed by atoms with Crippen molar-refractivity contribution < 1.29 is 22.3 Å². The summed E-state index contributed by atoms with van der Waals surface area (Å²) in [6.45, 7) is 0.242. The number of nitrogens with zero attached hydrogens (tertiary/aromatic N) is 1. The predicted molar refractivity (Wildman–Crippen MR) is 112 cm³/mol. The summed E-state index contributed by atoms with van der Waals surface area (Å²) >= 11 is 0. The maximum absolute atomic E-state index is 13.0. The van der Waals surface area contributed by atoms with Crippen molar-refractivity contribution in [2.45, 2.75) is 10.1 Å². The summed E-state index contributed by atoms with van der Waals surface area (Å²) in [5, 5.41) is -0.678. The smallest absolute Gasteiger partial charge is 0.253 e. The van der Waals surface area contributed by atoms with Crippen molar-refractivity contribution in [3.63, 3.8) is 0 Å². The third-order valence-electron chi connectivity index (χ3n) is 5.25. The van der Waals surface area contributed by atoms with E-state index in [-0.39, 0.29) is 23.9 Å². The molecule has 1 fully saturated rings. The van der Waals surface area contributed by atoms with Gasteiger partial charge in [0.1, 0.15) is 16.8 Å². The van der Waals surface area contributed by atoms with Gasteiger partial charge >= 0.3 is 0 Å². The first-order valence-corrected chi connectivity index (χ1v) is 11.0. The maximum Gasteiger partial charge on any atom is 0.253 e. The van der Waals surface area contributed by atoms with Gasteiger partial charge in [-0.1, -0.05) is 24.3 Å². The highest BCUT2D eigenvalue weighted by Crippen LogP contribution is 2.27. The van der Waals surface area contributed by atoms with Crippen LogP contribution in [-0.2, 0) is 9.84 Å². The van der Waals surface area contributed by atoms with Crippen molar-refractivity contribution >= 4 is 15.7 Å². The third-order valence-corrected chi connectivity index (χ3v) is 7.36. The van der Waals surface area contributed by atoms with Crippen LogP contribution in [0.2, 0.25) is 0 Å². The van der Waals surface area contributed by atoms with Gasteiger partial charge in [0.25, 0.3) is 5.91 Å². The molecule has 1 aliphatic heterocycles. The van der Waals surface area contributed by atoms with Gasteiger partial charge in [-0.3, -0.25) is 4.79 Å². The van der Waals surface area contributed by atoms with E-state index >= 15 is 0 Å². The lowest BCUT2D eigenvalue weighted by atomic mass is 10.0. The normalized spacial score (nSPS) is 14.3. The van der Waals surface area contributed by atoms with Crippen LogP contribution in [0.5, 0.6) is 5.75 Å². The molecule has 0 saturated carbocycles. The maximum atomic E-state index is 13.0. The number of amides is 1. The second-order valence-electron chi connectivity index (χ2n) is 7.14. The topological polar surface area (TPSA) is 63.7 Å². The summed E-state index contributed by atoms with van der Waals surface area (Å²) in [4.78, 5) is 14.3. The molecule has 1 amide bonds. The monoisotopic (exact) mass is 425 g/mol. The molecular formula is C23H20FNO4S. The number of ether oxygens (including phenoxy) is 1. The van der Waals surface area contributed by atoms with E-state index < -0.39 is 20.9 Å². The van der Waals surface area contributed by atoms with Crippen molar-refractivity contribution in [2.24, 2.45) is 0 Å². The Morgan fingerprint density at radius 3 is 2.27 bits per heavy atom. The molecule has 0 N–H and O–H groups in total. The molecule has 0 aromatic heterocycles. The van der Waals surface area contributed by atoms with Crippen LogP contribution in [0.1, 0.15) is 10.4 Å². The molecule has 30 heavy (non-hydrogen) atoms. The predicted octanol–water partition coefficient (Wildman–Crippen LogP) is 3.80. The Morgan fingerprint density at radius 1 is 0.967 bits per heavy atom. The van der Waals surface area contributed by atoms with Crippen molar-refractivity contribution in [3.8, 4) is 16.9 Å². The summed E-state index contributed by atoms with van der Waals surface area (Å²) in [6, 6.07) is 19.6. The van der Waals surface area contributed by atoms with Crippen LogP contribution in [0, 0.1) is 5.82 Å². The minimum atomic E-state index is -3.59. The second kappa shape index (κ2) is 7.91. The first-order valence-electron chi connectivity index (χ1n) is 9.42. The van der Waals surface area contributed by atoms with Crippen LogP contribution in [-0.4, -0.2) is 44.7 Å². The molecule has 0 unspecified atom stereocenters. The SMILES string of the molecule is COc1cccc(-c2ccc(C(=O)N3CC(S(=O)(=O)c4ccc(F)cc4)C3)cc2)c1. The lowest BCUT2D eigenvalue weighted by molar-refractivity contribution is 0.0659. The zero-order chi connectivity index (χ0) is 21.3. The molecule has 4 rings (SSSR count). The average Bonchev–Trinajstić information content (AvgIpc) is 2.73. The van der Waals surface area contributed by atoms with Crippen LogP contribution < -0.4 is 4.74 Å². The molecule has 7 heteroatoms. The zero-order valence-corrected chi connectivity index (χ0v) is 17.1. The molecule has 5 nitrogen and oxygen atoms in total. The fraction of sp³-hybridized carbons (Fsp3) is 0.174. The number of hydrogen-bond acceptors (Lipinski definition) is 4. The number of carbonyl (C=O) groups excluding carboxylic acids is 1. The van der Waals surface area contributed by atoms with Gasteiger partial charge in [0, 0.05) is 18.7 Å². The van der Waals surface area contributed by atoms with Crippen LogP contribution in [0.3, 0.4) is 0 Å². The minimum absolute atomic E-state index is 0.0728. The number of methoxy groups -OCH3 is 1. The summed E-state index contributed by atoms with van der Waals surface area (Å²) < 4.78 is 43.5. The average molecular weight is 425 g/mol. The number of halogens is 1. The Kier molecular flexibility index (Phi) is 5.30. The lowest BCUT2D eigenvalue weighted by Gasteiger charge is -2.38. The second-order valence-corrected chi connectivity index (χ2v) is 9.37. The van der Waals surface area contributed by atoms with Gasteiger partial charge in [0.05, 0.1) is 12.0 Å². The van der Waals surface area contributed by atoms with E-state index in [0.717, 1.165) is 29.0 Å². The van der Waals surface area contributed by atoms with Gasteiger partial charge < -0.3 is 9.64 Å². The van der Waals surface area contributed by atoms with E-state index in [4.69, 9.17) is 4.74 Å². The fourth-order valence-corrected chi connectivity index (χ4v) is 5.06. The molecule has 0 bridgehead atoms. The number of hydrogen-bond donors (Lipinski definition) is 0. The Balaban J connectivity index is 1.43. The van der Waals surface area contributed by atoms with Gasteiger partial charge in [-0.05, 0) is 59.7 Å². The molecule has 3 aromatic rings. The highest BCUT2D eigenvalue weighted by Gasteiger charge is 2.40. The summed E-state index contributed by atoms with van der Waals surface area (Å²) in [7, 11) is -1.98. The largest absolute Gasteiger partial charge is 0.497 e. The van der Waals surface area contributed by atoms with Gasteiger partial charge in [-0.2, -0.15) is 0 Å². The van der Waals surface area contributed by atoms with Crippen molar-refractivity contribution in [2.75, 3.05) is 20.2 Å². The highest BCUT2D eigenvalue weighted by atomic mass is 32.2. The highest BCUT2D eigenvalue weighted by molar-refractivity contribution is 7.92. The summed E-state index contributed by atoms with van der Waals surface area (Å²) in [6.07, 6.45) is 0. The molecule has 3 aromatic carbocycles. The first kappa shape index (κ1) is 20.1. The van der Waals surface area contributed by atoms with Crippen LogP contribution >= 0.6 is 0 Å².